The molecule has 0 aromatic carbocycles. The van der Waals surface area contributed by atoms with Crippen molar-refractivity contribution in [2.45, 2.75) is 38.0 Å². The van der Waals surface area contributed by atoms with Crippen molar-refractivity contribution in [2.75, 3.05) is 0 Å². The second-order valence-corrected chi connectivity index (χ2v) is 5.29. The fourth-order valence-corrected chi connectivity index (χ4v) is 2.71. The molecule has 0 aliphatic carbocycles. The van der Waals surface area contributed by atoms with Crippen molar-refractivity contribution in [3.63, 3.8) is 0 Å². The number of carbonyl (C=O) groups excluding carboxylic acids is 1. The van der Waals surface area contributed by atoms with Crippen molar-refractivity contribution >= 4 is 23.2 Å². The Morgan fingerprint density at radius 2 is 2.33 bits per heavy atom. The molecule has 1 saturated heterocycles. The summed E-state index contributed by atoms with van der Waals surface area (Å²) in [7, 11) is 0. The summed E-state index contributed by atoms with van der Waals surface area (Å²) in [5.41, 5.74) is 0. The Bertz CT molecular complexity index is 431. The molecule has 1 fully saturated rings. The Hall–Kier alpha value is -1.40. The Morgan fingerprint density at radius 1 is 1.56 bits per heavy atom. The van der Waals surface area contributed by atoms with E-state index >= 15 is 0 Å². The molecule has 2 rings (SSSR count). The first-order chi connectivity index (χ1) is 8.58. The smallest absolute Gasteiger partial charge is 0.331 e. The van der Waals surface area contributed by atoms with Crippen LogP contribution in [0.25, 0.3) is 0 Å². The third-order valence-electron chi connectivity index (χ3n) is 2.89. The van der Waals surface area contributed by atoms with Crippen molar-refractivity contribution in [2.24, 2.45) is 0 Å². The Kier molecular flexibility index (Phi) is 3.98. The van der Waals surface area contributed by atoms with Gasteiger partial charge in [-0.25, -0.2) is 4.79 Å². The van der Waals surface area contributed by atoms with Gasteiger partial charge in [0.15, 0.2) is 6.04 Å². The summed E-state index contributed by atoms with van der Waals surface area (Å²) < 4.78 is 5.42. The van der Waals surface area contributed by atoms with Gasteiger partial charge in [0.25, 0.3) is 0 Å². The number of carboxylic acids is 1. The van der Waals surface area contributed by atoms with Gasteiger partial charge in [-0.3, -0.25) is 4.79 Å². The fraction of sp³-hybridized carbons (Fsp3) is 0.500. The molecule has 3 unspecified atom stereocenters. The lowest BCUT2D eigenvalue weighted by Gasteiger charge is -2.16. The van der Waals surface area contributed by atoms with Crippen LogP contribution in [0.5, 0.6) is 0 Å². The average Bonchev–Trinajstić information content (AvgIpc) is 2.95. The van der Waals surface area contributed by atoms with Crippen LogP contribution in [0.1, 0.15) is 30.7 Å². The summed E-state index contributed by atoms with van der Waals surface area (Å²) in [6.45, 7) is 1.90. The molecule has 1 aromatic rings. The molecule has 98 valence electrons. The van der Waals surface area contributed by atoms with E-state index in [2.05, 4.69) is 5.32 Å². The number of hydrogen-bond donors (Lipinski definition) is 2. The predicted molar refractivity (Wildman–Crippen MR) is 66.4 cm³/mol. The molecule has 1 amide bonds. The Balaban J connectivity index is 2.01. The minimum atomic E-state index is -1.06. The number of carboxylic acid groups (broad SMARTS) is 1. The molecule has 2 heterocycles. The van der Waals surface area contributed by atoms with E-state index in [1.54, 1.807) is 17.5 Å². The van der Waals surface area contributed by atoms with E-state index in [0.29, 0.717) is 11.3 Å². The van der Waals surface area contributed by atoms with E-state index in [1.165, 1.54) is 11.3 Å². The standard InChI is InChI=1S/C12H15NO4S/c1-7-4-5-8(17-7)11(14)13-10(12(15)16)9-3-2-6-18-9/h2-3,6-8,10H,4-5H2,1H3,(H,13,14)(H,15,16). The lowest BCUT2D eigenvalue weighted by molar-refractivity contribution is -0.144. The van der Waals surface area contributed by atoms with E-state index in [-0.39, 0.29) is 12.0 Å². The fourth-order valence-electron chi connectivity index (χ4n) is 1.94. The maximum Gasteiger partial charge on any atom is 0.331 e. The van der Waals surface area contributed by atoms with E-state index in [4.69, 9.17) is 9.84 Å². The van der Waals surface area contributed by atoms with Crippen molar-refractivity contribution in [1.82, 2.24) is 5.32 Å². The quantitative estimate of drug-likeness (QED) is 0.869. The normalized spacial score (nSPS) is 24.7. The first-order valence-corrected chi connectivity index (χ1v) is 6.68. The Labute approximate surface area is 109 Å². The first kappa shape index (κ1) is 13.0. The van der Waals surface area contributed by atoms with Gasteiger partial charge in [-0.15, -0.1) is 11.3 Å². The van der Waals surface area contributed by atoms with E-state index in [1.807, 2.05) is 6.92 Å². The van der Waals surface area contributed by atoms with Crippen LogP contribution in [0.3, 0.4) is 0 Å². The number of rotatable bonds is 4. The molecule has 0 bridgehead atoms. The van der Waals surface area contributed by atoms with Crippen LogP contribution in [0.4, 0.5) is 0 Å². The van der Waals surface area contributed by atoms with Crippen molar-refractivity contribution in [1.29, 1.82) is 0 Å². The summed E-state index contributed by atoms with van der Waals surface area (Å²) >= 11 is 1.31. The zero-order valence-corrected chi connectivity index (χ0v) is 10.8. The van der Waals surface area contributed by atoms with Gasteiger partial charge in [0.05, 0.1) is 6.10 Å². The zero-order valence-electron chi connectivity index (χ0n) is 9.96. The lowest BCUT2D eigenvalue weighted by atomic mass is 10.1. The molecule has 5 nitrogen and oxygen atoms in total. The number of aliphatic carboxylic acids is 1. The molecule has 1 aliphatic rings. The molecular formula is C12H15NO4S. The molecule has 0 spiro atoms. The molecule has 6 heteroatoms. The van der Waals surface area contributed by atoms with Gasteiger partial charge in [0, 0.05) is 4.88 Å². The van der Waals surface area contributed by atoms with Gasteiger partial charge in [0.1, 0.15) is 6.10 Å². The van der Waals surface area contributed by atoms with Crippen LogP contribution in [-0.2, 0) is 14.3 Å². The van der Waals surface area contributed by atoms with Crippen LogP contribution in [0.15, 0.2) is 17.5 Å². The highest BCUT2D eigenvalue weighted by Gasteiger charge is 2.31. The van der Waals surface area contributed by atoms with Crippen molar-refractivity contribution in [3.05, 3.63) is 22.4 Å². The largest absolute Gasteiger partial charge is 0.479 e. The highest BCUT2D eigenvalue weighted by Crippen LogP contribution is 2.22. The van der Waals surface area contributed by atoms with Gasteiger partial charge in [-0.1, -0.05) is 6.07 Å². The SMILES string of the molecule is CC1CCC(C(=O)NC(C(=O)O)c2cccs2)O1. The van der Waals surface area contributed by atoms with Gasteiger partial charge >= 0.3 is 5.97 Å². The summed E-state index contributed by atoms with van der Waals surface area (Å²) in [6, 6.07) is 2.47. The minimum absolute atomic E-state index is 0.0609. The van der Waals surface area contributed by atoms with Gasteiger partial charge in [-0.2, -0.15) is 0 Å². The monoisotopic (exact) mass is 269 g/mol. The molecule has 18 heavy (non-hydrogen) atoms. The summed E-state index contributed by atoms with van der Waals surface area (Å²) in [4.78, 5) is 23.7. The zero-order chi connectivity index (χ0) is 13.1. The number of carbonyl (C=O) groups is 2. The van der Waals surface area contributed by atoms with Gasteiger partial charge in [0.2, 0.25) is 5.91 Å². The predicted octanol–water partition coefficient (Wildman–Crippen LogP) is 1.56. The number of nitrogens with one attached hydrogen (secondary N) is 1. The molecule has 0 saturated carbocycles. The second-order valence-electron chi connectivity index (χ2n) is 4.31. The summed E-state index contributed by atoms with van der Waals surface area (Å²) in [6.07, 6.45) is 1.01. The Morgan fingerprint density at radius 3 is 2.83 bits per heavy atom. The minimum Gasteiger partial charge on any atom is -0.479 e. The van der Waals surface area contributed by atoms with Crippen LogP contribution >= 0.6 is 11.3 Å². The first-order valence-electron chi connectivity index (χ1n) is 5.80. The molecule has 2 N–H and O–H groups in total. The molecule has 1 aromatic heterocycles. The van der Waals surface area contributed by atoms with E-state index < -0.39 is 18.1 Å². The maximum atomic E-state index is 11.9. The maximum absolute atomic E-state index is 11.9. The molecule has 1 aliphatic heterocycles. The molecule has 0 radical (unpaired) electrons. The number of hydrogen-bond acceptors (Lipinski definition) is 4. The average molecular weight is 269 g/mol. The third-order valence-corrected chi connectivity index (χ3v) is 3.82. The lowest BCUT2D eigenvalue weighted by Crippen LogP contribution is -2.39. The number of ether oxygens (including phenoxy) is 1. The van der Waals surface area contributed by atoms with Crippen LogP contribution in [0.2, 0.25) is 0 Å². The highest BCUT2D eigenvalue weighted by atomic mass is 32.1. The van der Waals surface area contributed by atoms with Crippen LogP contribution in [-0.4, -0.2) is 29.2 Å². The van der Waals surface area contributed by atoms with Crippen LogP contribution in [0, 0.1) is 0 Å². The van der Waals surface area contributed by atoms with Gasteiger partial charge < -0.3 is 15.2 Å². The van der Waals surface area contributed by atoms with E-state index in [0.717, 1.165) is 6.42 Å². The summed E-state index contributed by atoms with van der Waals surface area (Å²) in [5, 5.41) is 13.5. The van der Waals surface area contributed by atoms with Gasteiger partial charge in [-0.05, 0) is 31.2 Å². The number of amides is 1. The van der Waals surface area contributed by atoms with Crippen molar-refractivity contribution in [3.8, 4) is 0 Å². The van der Waals surface area contributed by atoms with Crippen LogP contribution < -0.4 is 5.32 Å². The van der Waals surface area contributed by atoms with Crippen molar-refractivity contribution < 1.29 is 19.4 Å². The topological polar surface area (TPSA) is 75.6 Å². The second kappa shape index (κ2) is 5.49. The van der Waals surface area contributed by atoms with E-state index in [9.17, 15) is 9.59 Å². The highest BCUT2D eigenvalue weighted by molar-refractivity contribution is 7.10. The molecule has 3 atom stereocenters. The molecular weight excluding hydrogens is 254 g/mol. The summed E-state index contributed by atoms with van der Waals surface area (Å²) in [5.74, 6) is -1.41. The third kappa shape index (κ3) is 2.88. The number of thiophene rings is 1.